The zero-order valence-electron chi connectivity index (χ0n) is 14.3. The minimum Gasteiger partial charge on any atom is -0.377 e. The van der Waals surface area contributed by atoms with Gasteiger partial charge in [0.05, 0.1) is 19.3 Å². The molecule has 0 saturated carbocycles. The van der Waals surface area contributed by atoms with E-state index >= 15 is 0 Å². The van der Waals surface area contributed by atoms with Crippen molar-refractivity contribution in [1.29, 1.82) is 0 Å². The minimum atomic E-state index is -4.30. The summed E-state index contributed by atoms with van der Waals surface area (Å²) in [6.07, 6.45) is 2.77. The van der Waals surface area contributed by atoms with Crippen molar-refractivity contribution in [3.8, 4) is 0 Å². The maximum Gasteiger partial charge on any atom is 0.412 e. The molecule has 2 nitrogen and oxygen atoms in total. The molecule has 1 rings (SSSR count). The fourth-order valence-corrected chi connectivity index (χ4v) is 2.62. The fourth-order valence-electron chi connectivity index (χ4n) is 2.62. The van der Waals surface area contributed by atoms with Gasteiger partial charge >= 0.3 is 6.18 Å². The van der Waals surface area contributed by atoms with Gasteiger partial charge in [0.15, 0.2) is 0 Å². The Kier molecular flexibility index (Phi) is 8.06. The van der Waals surface area contributed by atoms with Crippen LogP contribution in [0.5, 0.6) is 0 Å². The zero-order chi connectivity index (χ0) is 17.5. The van der Waals surface area contributed by atoms with Gasteiger partial charge in [-0.1, -0.05) is 43.7 Å². The molecule has 0 bridgehead atoms. The highest BCUT2D eigenvalue weighted by atomic mass is 19.4. The molecule has 0 spiro atoms. The summed E-state index contributed by atoms with van der Waals surface area (Å²) in [5, 5.41) is 0. The van der Waals surface area contributed by atoms with E-state index in [2.05, 4.69) is 19.9 Å². The van der Waals surface area contributed by atoms with E-state index in [1.165, 1.54) is 0 Å². The number of methoxy groups -OCH3 is 1. The van der Waals surface area contributed by atoms with Crippen molar-refractivity contribution in [2.24, 2.45) is 11.8 Å². The van der Waals surface area contributed by atoms with Crippen LogP contribution in [-0.4, -0.2) is 32.6 Å². The van der Waals surface area contributed by atoms with Crippen molar-refractivity contribution < 1.29 is 22.6 Å². The molecular formula is C18H27F3O2. The van der Waals surface area contributed by atoms with Crippen molar-refractivity contribution in [2.45, 2.75) is 45.9 Å². The standard InChI is InChI=1S/C18H27F3O2/c1-13-11-14(2)15(3)17(22-4)8-6-5-7-16(18(19,20)21)9-10-23-12-13/h6,8-9,11,14-15,17H,5,7,10,12H2,1-4H3/b8-6+,13-11-,16-9-/t14-,15+,17+/m1/s1. The molecule has 0 amide bonds. The second-order valence-electron chi connectivity index (χ2n) is 6.14. The van der Waals surface area contributed by atoms with Crippen molar-refractivity contribution in [3.63, 3.8) is 0 Å². The highest BCUT2D eigenvalue weighted by molar-refractivity contribution is 5.11. The van der Waals surface area contributed by atoms with Crippen LogP contribution in [-0.2, 0) is 9.47 Å². The average Bonchev–Trinajstić information content (AvgIpc) is 2.46. The van der Waals surface area contributed by atoms with Gasteiger partial charge < -0.3 is 9.47 Å². The quantitative estimate of drug-likeness (QED) is 0.624. The first-order valence-electron chi connectivity index (χ1n) is 7.96. The predicted octanol–water partition coefficient (Wildman–Crippen LogP) is 5.08. The lowest BCUT2D eigenvalue weighted by Gasteiger charge is -2.24. The Bertz CT molecular complexity index is 450. The van der Waals surface area contributed by atoms with Gasteiger partial charge in [-0.05, 0) is 31.6 Å². The Labute approximate surface area is 137 Å². The lowest BCUT2D eigenvalue weighted by molar-refractivity contribution is -0.0945. The first-order chi connectivity index (χ1) is 10.8. The van der Waals surface area contributed by atoms with E-state index in [0.29, 0.717) is 13.0 Å². The van der Waals surface area contributed by atoms with Gasteiger partial charge in [-0.25, -0.2) is 0 Å². The van der Waals surface area contributed by atoms with Crippen LogP contribution in [0.2, 0.25) is 0 Å². The highest BCUT2D eigenvalue weighted by Crippen LogP contribution is 2.29. The maximum atomic E-state index is 13.0. The van der Waals surface area contributed by atoms with Crippen LogP contribution in [0.25, 0.3) is 0 Å². The van der Waals surface area contributed by atoms with E-state index in [1.54, 1.807) is 13.2 Å². The molecule has 1 aliphatic heterocycles. The number of hydrogen-bond acceptors (Lipinski definition) is 2. The van der Waals surface area contributed by atoms with Crippen LogP contribution < -0.4 is 0 Å². The number of ether oxygens (including phenoxy) is 2. The summed E-state index contributed by atoms with van der Waals surface area (Å²) in [6.45, 7) is 6.45. The Hall–Kier alpha value is -1.07. The molecule has 1 aliphatic rings. The molecule has 0 unspecified atom stereocenters. The monoisotopic (exact) mass is 332 g/mol. The molecule has 5 heteroatoms. The Morgan fingerprint density at radius 1 is 1.26 bits per heavy atom. The van der Waals surface area contributed by atoms with Gasteiger partial charge in [0.2, 0.25) is 0 Å². The van der Waals surface area contributed by atoms with Crippen LogP contribution in [0.4, 0.5) is 13.2 Å². The van der Waals surface area contributed by atoms with Crippen molar-refractivity contribution in [1.82, 2.24) is 0 Å². The molecule has 0 N–H and O–H groups in total. The van der Waals surface area contributed by atoms with Crippen LogP contribution in [0, 0.1) is 11.8 Å². The summed E-state index contributed by atoms with van der Waals surface area (Å²) >= 11 is 0. The SMILES string of the molecule is CO[C@H]1/C=C/CC/C(C(F)(F)F)=C/COC/C(C)=C\[C@@H](C)[C@@H]1C. The molecule has 1 heterocycles. The second kappa shape index (κ2) is 9.28. The molecule has 3 atom stereocenters. The van der Waals surface area contributed by atoms with E-state index in [0.717, 1.165) is 11.6 Å². The van der Waals surface area contributed by atoms with E-state index < -0.39 is 11.7 Å². The lowest BCUT2D eigenvalue weighted by Crippen LogP contribution is -2.23. The van der Waals surface area contributed by atoms with Crippen LogP contribution in [0.1, 0.15) is 33.6 Å². The molecule has 0 radical (unpaired) electrons. The van der Waals surface area contributed by atoms with Crippen molar-refractivity contribution >= 4 is 0 Å². The summed E-state index contributed by atoms with van der Waals surface area (Å²) in [7, 11) is 1.63. The third kappa shape index (κ3) is 6.92. The first kappa shape index (κ1) is 20.0. The third-order valence-electron chi connectivity index (χ3n) is 4.21. The van der Waals surface area contributed by atoms with Gasteiger partial charge in [-0.15, -0.1) is 0 Å². The molecule has 132 valence electrons. The molecule has 23 heavy (non-hydrogen) atoms. The third-order valence-corrected chi connectivity index (χ3v) is 4.21. The molecule has 0 aromatic rings. The number of alkyl halides is 3. The minimum absolute atomic E-state index is 0.0195. The fraction of sp³-hybridized carbons (Fsp3) is 0.667. The second-order valence-corrected chi connectivity index (χ2v) is 6.14. The molecular weight excluding hydrogens is 305 g/mol. The van der Waals surface area contributed by atoms with Crippen molar-refractivity contribution in [3.05, 3.63) is 35.5 Å². The lowest BCUT2D eigenvalue weighted by atomic mass is 9.88. The summed E-state index contributed by atoms with van der Waals surface area (Å²) < 4.78 is 49.7. The van der Waals surface area contributed by atoms with E-state index in [4.69, 9.17) is 9.47 Å². The molecule has 0 fully saturated rings. The number of allylic oxidation sites excluding steroid dienone is 3. The van der Waals surface area contributed by atoms with E-state index in [9.17, 15) is 13.2 Å². The van der Waals surface area contributed by atoms with Crippen LogP contribution in [0.3, 0.4) is 0 Å². The number of hydrogen-bond donors (Lipinski definition) is 0. The van der Waals surface area contributed by atoms with Gasteiger partial charge in [-0.3, -0.25) is 0 Å². The van der Waals surface area contributed by atoms with Gasteiger partial charge in [0, 0.05) is 12.7 Å². The smallest absolute Gasteiger partial charge is 0.377 e. The highest BCUT2D eigenvalue weighted by Gasteiger charge is 2.32. The summed E-state index contributed by atoms with van der Waals surface area (Å²) in [5.41, 5.74) is 0.485. The van der Waals surface area contributed by atoms with Gasteiger partial charge in [0.1, 0.15) is 0 Å². The Balaban J connectivity index is 2.96. The average molecular weight is 332 g/mol. The largest absolute Gasteiger partial charge is 0.412 e. The zero-order valence-corrected chi connectivity index (χ0v) is 14.3. The van der Waals surface area contributed by atoms with Crippen LogP contribution in [0.15, 0.2) is 35.5 Å². The molecule has 0 aromatic carbocycles. The summed E-state index contributed by atoms with van der Waals surface area (Å²) in [6, 6.07) is 0. The first-order valence-corrected chi connectivity index (χ1v) is 7.96. The Morgan fingerprint density at radius 2 is 1.96 bits per heavy atom. The van der Waals surface area contributed by atoms with Gasteiger partial charge in [-0.2, -0.15) is 13.2 Å². The normalized spacial score (nSPS) is 34.7. The summed E-state index contributed by atoms with van der Waals surface area (Å²) in [5.74, 6) is 0.518. The van der Waals surface area contributed by atoms with E-state index in [1.807, 2.05) is 13.0 Å². The number of halogens is 3. The Morgan fingerprint density at radius 3 is 2.57 bits per heavy atom. The summed E-state index contributed by atoms with van der Waals surface area (Å²) in [4.78, 5) is 0. The van der Waals surface area contributed by atoms with Crippen LogP contribution >= 0.6 is 0 Å². The van der Waals surface area contributed by atoms with Crippen molar-refractivity contribution in [2.75, 3.05) is 20.3 Å². The topological polar surface area (TPSA) is 18.5 Å². The molecule has 0 saturated heterocycles. The molecule has 0 aromatic heterocycles. The van der Waals surface area contributed by atoms with E-state index in [-0.39, 0.29) is 31.0 Å². The van der Waals surface area contributed by atoms with Gasteiger partial charge in [0.25, 0.3) is 0 Å². The predicted molar refractivity (Wildman–Crippen MR) is 86.2 cm³/mol. The molecule has 0 aliphatic carbocycles. The maximum absolute atomic E-state index is 13.0. The number of rotatable bonds is 1.